The maximum Gasteiger partial charge on any atom is 0.194 e. The number of rotatable bonds is 5. The molecule has 0 saturated carbocycles. The highest BCUT2D eigenvalue weighted by molar-refractivity contribution is 6.30. The van der Waals surface area contributed by atoms with Gasteiger partial charge in [0.05, 0.1) is 6.54 Å². The van der Waals surface area contributed by atoms with Crippen molar-refractivity contribution in [3.63, 3.8) is 0 Å². The number of anilines is 2. The molecule has 0 radical (unpaired) electrons. The summed E-state index contributed by atoms with van der Waals surface area (Å²) in [6.45, 7) is 5.57. The lowest BCUT2D eigenvalue weighted by Crippen LogP contribution is -2.47. The van der Waals surface area contributed by atoms with E-state index >= 15 is 0 Å². The van der Waals surface area contributed by atoms with E-state index in [2.05, 4.69) is 31.2 Å². The molecule has 1 aliphatic heterocycles. The first-order valence-corrected chi connectivity index (χ1v) is 8.79. The largest absolute Gasteiger partial charge is 0.370 e. The van der Waals surface area contributed by atoms with Crippen molar-refractivity contribution in [2.45, 2.75) is 0 Å². The van der Waals surface area contributed by atoms with Crippen LogP contribution in [0.5, 0.6) is 0 Å². The Labute approximate surface area is 153 Å². The van der Waals surface area contributed by atoms with Gasteiger partial charge in [-0.1, -0.05) is 23.7 Å². The first-order chi connectivity index (χ1) is 12.2. The number of aliphatic imine (C=N–C) groups is 1. The number of aromatic nitrogens is 1. The molecule has 2 aromatic rings. The fraction of sp³-hybridized carbons (Fsp3) is 0.333. The van der Waals surface area contributed by atoms with Crippen molar-refractivity contribution in [3.8, 4) is 0 Å². The smallest absolute Gasteiger partial charge is 0.194 e. The molecule has 25 heavy (non-hydrogen) atoms. The number of piperazine rings is 1. The maximum absolute atomic E-state index is 6.07. The number of guanidine groups is 1. The molecule has 0 atom stereocenters. The van der Waals surface area contributed by atoms with Crippen molar-refractivity contribution in [2.24, 2.45) is 10.7 Å². The topological polar surface area (TPSA) is 69.8 Å². The zero-order valence-electron chi connectivity index (χ0n) is 14.1. The van der Waals surface area contributed by atoms with Crippen molar-refractivity contribution in [2.75, 3.05) is 49.5 Å². The molecule has 3 rings (SSSR count). The molecule has 0 unspecified atom stereocenters. The number of halogens is 1. The van der Waals surface area contributed by atoms with Gasteiger partial charge in [0.15, 0.2) is 5.96 Å². The number of benzene rings is 1. The summed E-state index contributed by atoms with van der Waals surface area (Å²) in [4.78, 5) is 13.3. The van der Waals surface area contributed by atoms with E-state index in [1.54, 1.807) is 6.20 Å². The fourth-order valence-electron chi connectivity index (χ4n) is 2.82. The van der Waals surface area contributed by atoms with E-state index < -0.39 is 0 Å². The summed E-state index contributed by atoms with van der Waals surface area (Å²) in [6, 6.07) is 13.7. The summed E-state index contributed by atoms with van der Waals surface area (Å²) in [5, 5.41) is 3.77. The molecule has 0 bridgehead atoms. The van der Waals surface area contributed by atoms with E-state index in [1.807, 2.05) is 36.4 Å². The van der Waals surface area contributed by atoms with Crippen molar-refractivity contribution in [1.82, 2.24) is 9.88 Å². The number of hydrogen-bond donors (Lipinski definition) is 2. The van der Waals surface area contributed by atoms with Crippen molar-refractivity contribution in [1.29, 1.82) is 0 Å². The third kappa shape index (κ3) is 5.34. The number of hydrogen-bond acceptors (Lipinski definition) is 4. The third-order valence-corrected chi connectivity index (χ3v) is 4.40. The predicted octanol–water partition coefficient (Wildman–Crippen LogP) is 2.28. The average molecular weight is 359 g/mol. The minimum atomic E-state index is 0.399. The first-order valence-electron chi connectivity index (χ1n) is 8.41. The van der Waals surface area contributed by atoms with Gasteiger partial charge in [-0.3, -0.25) is 9.89 Å². The Kier molecular flexibility index (Phi) is 6.09. The molecule has 0 amide bonds. The fourth-order valence-corrected chi connectivity index (χ4v) is 3.01. The van der Waals surface area contributed by atoms with Gasteiger partial charge in [0, 0.05) is 49.6 Å². The quantitative estimate of drug-likeness (QED) is 0.634. The molecule has 6 nitrogen and oxygen atoms in total. The van der Waals surface area contributed by atoms with Crippen LogP contribution in [0, 0.1) is 0 Å². The summed E-state index contributed by atoms with van der Waals surface area (Å²) in [5.74, 6) is 1.11. The van der Waals surface area contributed by atoms with Gasteiger partial charge in [-0.15, -0.1) is 0 Å². The number of nitrogens with one attached hydrogen (secondary N) is 1. The highest BCUT2D eigenvalue weighted by atomic mass is 35.5. The molecule has 0 spiro atoms. The highest BCUT2D eigenvalue weighted by Crippen LogP contribution is 2.20. The Bertz CT molecular complexity index is 698. The lowest BCUT2D eigenvalue weighted by molar-refractivity contribution is 0.265. The van der Waals surface area contributed by atoms with Gasteiger partial charge < -0.3 is 16.0 Å². The van der Waals surface area contributed by atoms with Crippen LogP contribution < -0.4 is 16.0 Å². The third-order valence-electron chi connectivity index (χ3n) is 4.17. The molecule has 1 fully saturated rings. The minimum Gasteiger partial charge on any atom is -0.370 e. The maximum atomic E-state index is 6.07. The standard InChI is InChI=1S/C18H23ClN6/c19-15-4-3-5-16(14-15)25-12-10-24(11-13-25)9-8-22-18(20)23-17-6-1-2-7-21-17/h1-7,14H,8-13H2,(H3,20,21,22,23). The molecule has 7 heteroatoms. The molecule has 132 valence electrons. The molecule has 0 aliphatic carbocycles. The Morgan fingerprint density at radius 3 is 2.72 bits per heavy atom. The van der Waals surface area contributed by atoms with E-state index in [0.717, 1.165) is 37.7 Å². The number of nitrogens with two attached hydrogens (primary N) is 1. The minimum absolute atomic E-state index is 0.399. The highest BCUT2D eigenvalue weighted by Gasteiger charge is 2.16. The summed E-state index contributed by atoms with van der Waals surface area (Å²) in [5.41, 5.74) is 7.08. The first kappa shape index (κ1) is 17.5. The normalized spacial score (nSPS) is 16.0. The summed E-state index contributed by atoms with van der Waals surface area (Å²) >= 11 is 6.07. The molecule has 3 N–H and O–H groups in total. The summed E-state index contributed by atoms with van der Waals surface area (Å²) in [6.07, 6.45) is 1.72. The van der Waals surface area contributed by atoms with Crippen LogP contribution in [0.3, 0.4) is 0 Å². The van der Waals surface area contributed by atoms with Crippen LogP contribution in [0.25, 0.3) is 0 Å². The van der Waals surface area contributed by atoms with Gasteiger partial charge in [-0.2, -0.15) is 0 Å². The zero-order chi connectivity index (χ0) is 17.5. The molecular weight excluding hydrogens is 336 g/mol. The van der Waals surface area contributed by atoms with Crippen LogP contribution >= 0.6 is 11.6 Å². The summed E-state index contributed by atoms with van der Waals surface area (Å²) < 4.78 is 0. The van der Waals surface area contributed by atoms with Gasteiger partial charge in [-0.25, -0.2) is 4.98 Å². The van der Waals surface area contributed by atoms with E-state index in [9.17, 15) is 0 Å². The predicted molar refractivity (Wildman–Crippen MR) is 104 cm³/mol. The molecule has 1 aromatic carbocycles. The van der Waals surface area contributed by atoms with Crippen molar-refractivity contribution < 1.29 is 0 Å². The van der Waals surface area contributed by atoms with Gasteiger partial charge in [0.25, 0.3) is 0 Å². The average Bonchev–Trinajstić information content (AvgIpc) is 2.63. The summed E-state index contributed by atoms with van der Waals surface area (Å²) in [7, 11) is 0. The molecule has 1 aliphatic rings. The van der Waals surface area contributed by atoms with Crippen LogP contribution in [0.1, 0.15) is 0 Å². The van der Waals surface area contributed by atoms with Crippen LogP contribution in [0.4, 0.5) is 11.5 Å². The van der Waals surface area contributed by atoms with Gasteiger partial charge in [0.1, 0.15) is 5.82 Å². The Balaban J connectivity index is 1.41. The molecule has 2 heterocycles. The van der Waals surface area contributed by atoms with Crippen LogP contribution in [-0.4, -0.2) is 55.1 Å². The number of pyridine rings is 1. The number of nitrogens with zero attached hydrogens (tertiary/aromatic N) is 4. The zero-order valence-corrected chi connectivity index (χ0v) is 14.9. The monoisotopic (exact) mass is 358 g/mol. The second-order valence-electron chi connectivity index (χ2n) is 5.92. The van der Waals surface area contributed by atoms with E-state index in [1.165, 1.54) is 5.69 Å². The second kappa shape index (κ2) is 8.69. The van der Waals surface area contributed by atoms with E-state index in [-0.39, 0.29) is 0 Å². The van der Waals surface area contributed by atoms with E-state index in [0.29, 0.717) is 18.3 Å². The van der Waals surface area contributed by atoms with Gasteiger partial charge >= 0.3 is 0 Å². The second-order valence-corrected chi connectivity index (χ2v) is 6.35. The molecule has 1 aromatic heterocycles. The molecule has 1 saturated heterocycles. The van der Waals surface area contributed by atoms with Crippen molar-refractivity contribution in [3.05, 3.63) is 53.7 Å². The van der Waals surface area contributed by atoms with Gasteiger partial charge in [0.2, 0.25) is 0 Å². The molecular formula is C18H23ClN6. The lowest BCUT2D eigenvalue weighted by atomic mass is 10.2. The SMILES string of the molecule is NC(=NCCN1CCN(c2cccc(Cl)c2)CC1)Nc1ccccn1. The van der Waals surface area contributed by atoms with Crippen molar-refractivity contribution >= 4 is 29.1 Å². The Hall–Kier alpha value is -2.31. The lowest BCUT2D eigenvalue weighted by Gasteiger charge is -2.35. The van der Waals surface area contributed by atoms with Crippen LogP contribution in [-0.2, 0) is 0 Å². The van der Waals surface area contributed by atoms with Crippen LogP contribution in [0.2, 0.25) is 5.02 Å². The van der Waals surface area contributed by atoms with Gasteiger partial charge in [-0.05, 0) is 30.3 Å². The van der Waals surface area contributed by atoms with E-state index in [4.69, 9.17) is 17.3 Å². The van der Waals surface area contributed by atoms with Crippen LogP contribution in [0.15, 0.2) is 53.7 Å². The Morgan fingerprint density at radius 1 is 1.16 bits per heavy atom. The Morgan fingerprint density at radius 2 is 2.00 bits per heavy atom.